The molecule has 0 saturated heterocycles. The number of hydrogen-bond donors (Lipinski definition) is 2. The van der Waals surface area contributed by atoms with E-state index >= 15 is 0 Å². The Hall–Kier alpha value is -1.07. The highest BCUT2D eigenvalue weighted by Gasteiger charge is 2.01. The van der Waals surface area contributed by atoms with E-state index in [4.69, 9.17) is 0 Å². The molecule has 16 heavy (non-hydrogen) atoms. The van der Waals surface area contributed by atoms with E-state index < -0.39 is 5.69 Å². The maximum Gasteiger partial charge on any atom is 0.325 e. The summed E-state index contributed by atoms with van der Waals surface area (Å²) >= 11 is 0. The molecule has 0 aliphatic heterocycles. The number of aromatic nitrogens is 2. The summed E-state index contributed by atoms with van der Waals surface area (Å²) in [5, 5.41) is 0. The zero-order chi connectivity index (χ0) is 11.3. The van der Waals surface area contributed by atoms with Crippen LogP contribution in [0, 0.1) is 0 Å². The van der Waals surface area contributed by atoms with E-state index in [9.17, 15) is 9.59 Å². The van der Waals surface area contributed by atoms with Crippen molar-refractivity contribution in [1.29, 1.82) is 0 Å². The maximum atomic E-state index is 11.0. The van der Waals surface area contributed by atoms with Gasteiger partial charge in [-0.1, -0.05) is 13.8 Å². The predicted molar refractivity (Wildman–Crippen MR) is 66.4 cm³/mol. The normalized spacial score (nSPS) is 10.2. The van der Waals surface area contributed by atoms with Gasteiger partial charge in [-0.3, -0.25) is 9.78 Å². The van der Waals surface area contributed by atoms with E-state index in [-0.39, 0.29) is 18.0 Å². The zero-order valence-electron chi connectivity index (χ0n) is 9.58. The fourth-order valence-electron chi connectivity index (χ4n) is 1.47. The van der Waals surface area contributed by atoms with Crippen LogP contribution in [-0.4, -0.2) is 34.5 Å². The molecule has 1 aromatic rings. The number of H-pyrrole nitrogens is 2. The Morgan fingerprint density at radius 3 is 2.31 bits per heavy atom. The molecular weight excluding hydrogens is 230 g/mol. The minimum Gasteiger partial charge on any atom is -0.311 e. The fraction of sp³-hybridized carbons (Fsp3) is 0.600. The van der Waals surface area contributed by atoms with Crippen molar-refractivity contribution in [2.75, 3.05) is 19.6 Å². The van der Waals surface area contributed by atoms with E-state index in [0.29, 0.717) is 12.1 Å². The lowest BCUT2D eigenvalue weighted by Gasteiger charge is -2.17. The summed E-state index contributed by atoms with van der Waals surface area (Å²) < 4.78 is 0. The molecule has 6 heteroatoms. The Morgan fingerprint density at radius 2 is 1.81 bits per heavy atom. The Balaban J connectivity index is 0.00000225. The molecule has 0 radical (unpaired) electrons. The van der Waals surface area contributed by atoms with Crippen LogP contribution in [0.25, 0.3) is 0 Å². The lowest BCUT2D eigenvalue weighted by atomic mass is 10.3. The average Bonchev–Trinajstić information content (AvgIpc) is 2.18. The van der Waals surface area contributed by atoms with Gasteiger partial charge in [0.25, 0.3) is 5.56 Å². The van der Waals surface area contributed by atoms with Gasteiger partial charge in [0.05, 0.1) is 0 Å². The van der Waals surface area contributed by atoms with Crippen LogP contribution in [0.1, 0.15) is 19.5 Å². The number of nitrogens with one attached hydrogen (secondary N) is 2. The lowest BCUT2D eigenvalue weighted by molar-refractivity contribution is 0.307. The zero-order valence-corrected chi connectivity index (χ0v) is 10.4. The van der Waals surface area contributed by atoms with E-state index in [0.717, 1.165) is 19.6 Å². The fourth-order valence-corrected chi connectivity index (χ4v) is 1.47. The van der Waals surface area contributed by atoms with Crippen LogP contribution in [-0.2, 0) is 6.42 Å². The molecule has 1 aromatic heterocycles. The largest absolute Gasteiger partial charge is 0.325 e. The molecule has 1 rings (SSSR count). The smallest absolute Gasteiger partial charge is 0.311 e. The average molecular weight is 248 g/mol. The third kappa shape index (κ3) is 4.63. The van der Waals surface area contributed by atoms with Crippen LogP contribution < -0.4 is 11.2 Å². The van der Waals surface area contributed by atoms with Crippen LogP contribution in [0.4, 0.5) is 0 Å². The molecular formula is C10H18ClN3O2. The second-order valence-electron chi connectivity index (χ2n) is 3.39. The van der Waals surface area contributed by atoms with Gasteiger partial charge in [0.1, 0.15) is 0 Å². The Labute approximate surface area is 100 Å². The maximum absolute atomic E-state index is 11.0. The second kappa shape index (κ2) is 7.24. The summed E-state index contributed by atoms with van der Waals surface area (Å²) in [6.07, 6.45) is 0.695. The molecule has 0 atom stereocenters. The van der Waals surface area contributed by atoms with Gasteiger partial charge in [-0.15, -0.1) is 12.4 Å². The third-order valence-corrected chi connectivity index (χ3v) is 2.41. The molecule has 0 amide bonds. The van der Waals surface area contributed by atoms with Crippen molar-refractivity contribution in [3.05, 3.63) is 32.6 Å². The van der Waals surface area contributed by atoms with Crippen molar-refractivity contribution in [2.24, 2.45) is 0 Å². The lowest BCUT2D eigenvalue weighted by Crippen LogP contribution is -2.28. The van der Waals surface area contributed by atoms with Crippen molar-refractivity contribution in [3.63, 3.8) is 0 Å². The van der Waals surface area contributed by atoms with Gasteiger partial charge < -0.3 is 9.88 Å². The number of halogens is 1. The minimum absolute atomic E-state index is 0. The van der Waals surface area contributed by atoms with Gasteiger partial charge in [0.15, 0.2) is 0 Å². The van der Waals surface area contributed by atoms with E-state index in [1.807, 2.05) is 0 Å². The topological polar surface area (TPSA) is 69.0 Å². The summed E-state index contributed by atoms with van der Waals surface area (Å²) in [5.41, 5.74) is -0.0824. The molecule has 1 heterocycles. The van der Waals surface area contributed by atoms with E-state index in [1.165, 1.54) is 6.07 Å². The van der Waals surface area contributed by atoms with Crippen LogP contribution >= 0.6 is 12.4 Å². The van der Waals surface area contributed by atoms with Gasteiger partial charge in [-0.05, 0) is 13.1 Å². The molecule has 92 valence electrons. The van der Waals surface area contributed by atoms with Gasteiger partial charge >= 0.3 is 5.69 Å². The Bertz CT molecular complexity index is 381. The highest BCUT2D eigenvalue weighted by molar-refractivity contribution is 5.85. The molecule has 0 saturated carbocycles. The van der Waals surface area contributed by atoms with Gasteiger partial charge in [0, 0.05) is 24.7 Å². The van der Waals surface area contributed by atoms with E-state index in [2.05, 4.69) is 28.7 Å². The number of likely N-dealkylation sites (N-methyl/N-ethyl adjacent to an activating group) is 1. The summed E-state index contributed by atoms with van der Waals surface area (Å²) in [4.78, 5) is 29.0. The summed E-state index contributed by atoms with van der Waals surface area (Å²) in [6, 6.07) is 1.44. The number of aromatic amines is 2. The first-order valence-corrected chi connectivity index (χ1v) is 5.20. The molecule has 0 aliphatic carbocycles. The number of nitrogens with zero attached hydrogens (tertiary/aromatic N) is 1. The predicted octanol–water partition coefficient (Wildman–Crippen LogP) is 0.369. The first kappa shape index (κ1) is 14.9. The van der Waals surface area contributed by atoms with E-state index in [1.54, 1.807) is 0 Å². The van der Waals surface area contributed by atoms with Crippen molar-refractivity contribution in [2.45, 2.75) is 20.3 Å². The third-order valence-electron chi connectivity index (χ3n) is 2.41. The molecule has 0 unspecified atom stereocenters. The van der Waals surface area contributed by atoms with Gasteiger partial charge in [-0.25, -0.2) is 4.79 Å². The highest BCUT2D eigenvalue weighted by atomic mass is 35.5. The first-order valence-electron chi connectivity index (χ1n) is 5.20. The summed E-state index contributed by atoms with van der Waals surface area (Å²) in [6.45, 7) is 6.98. The standard InChI is InChI=1S/C10H17N3O2.ClH/c1-3-13(4-2)6-5-8-7-9(14)12-10(15)11-8;/h7H,3-6H2,1-2H3,(H2,11,12,14,15);1H. The van der Waals surface area contributed by atoms with Crippen molar-refractivity contribution < 1.29 is 0 Å². The molecule has 0 aliphatic rings. The number of rotatable bonds is 5. The molecule has 0 spiro atoms. The van der Waals surface area contributed by atoms with Crippen LogP contribution in [0.5, 0.6) is 0 Å². The van der Waals surface area contributed by atoms with Crippen molar-refractivity contribution in [1.82, 2.24) is 14.9 Å². The SMILES string of the molecule is CCN(CC)CCc1cc(=O)[nH]c(=O)[nH]1.Cl. The summed E-state index contributed by atoms with van der Waals surface area (Å²) in [5.74, 6) is 0. The number of hydrogen-bond acceptors (Lipinski definition) is 3. The van der Waals surface area contributed by atoms with Crippen LogP contribution in [0.15, 0.2) is 15.7 Å². The molecule has 0 fully saturated rings. The van der Waals surface area contributed by atoms with Crippen molar-refractivity contribution in [3.8, 4) is 0 Å². The monoisotopic (exact) mass is 247 g/mol. The molecule has 0 bridgehead atoms. The molecule has 5 nitrogen and oxygen atoms in total. The van der Waals surface area contributed by atoms with Gasteiger partial charge in [0.2, 0.25) is 0 Å². The minimum atomic E-state index is -0.433. The summed E-state index contributed by atoms with van der Waals surface area (Å²) in [7, 11) is 0. The van der Waals surface area contributed by atoms with Gasteiger partial charge in [-0.2, -0.15) is 0 Å². The quantitative estimate of drug-likeness (QED) is 0.790. The first-order chi connectivity index (χ1) is 7.15. The Morgan fingerprint density at radius 1 is 1.19 bits per heavy atom. The highest BCUT2D eigenvalue weighted by Crippen LogP contribution is 1.93. The second-order valence-corrected chi connectivity index (χ2v) is 3.39. The Kier molecular flexibility index (Phi) is 6.76. The van der Waals surface area contributed by atoms with Crippen LogP contribution in [0.2, 0.25) is 0 Å². The van der Waals surface area contributed by atoms with Crippen LogP contribution in [0.3, 0.4) is 0 Å². The molecule has 2 N–H and O–H groups in total. The van der Waals surface area contributed by atoms with Crippen molar-refractivity contribution >= 4 is 12.4 Å². The molecule has 0 aromatic carbocycles.